The molecule has 0 bridgehead atoms. The van der Waals surface area contributed by atoms with Gasteiger partial charge in [0.1, 0.15) is 0 Å². The van der Waals surface area contributed by atoms with Crippen LogP contribution in [0.4, 0.5) is 0 Å². The largest absolute Gasteiger partial charge is 0.361 e. The second kappa shape index (κ2) is 5.00. The molecule has 0 amide bonds. The molecule has 5 heteroatoms. The molecule has 3 unspecified atom stereocenters. The third-order valence-electron chi connectivity index (χ3n) is 4.65. The summed E-state index contributed by atoms with van der Waals surface area (Å²) in [7, 11) is 3.18. The Kier molecular flexibility index (Phi) is 4.08. The molecule has 1 fully saturated rings. The molecule has 1 aliphatic carbocycles. The number of allylic oxidation sites excluding steroid dienone is 1. The van der Waals surface area contributed by atoms with Crippen LogP contribution in [-0.4, -0.2) is 48.2 Å². The maximum Gasteiger partial charge on any atom is 0.288 e. The van der Waals surface area contributed by atoms with E-state index in [0.717, 1.165) is 0 Å². The Morgan fingerprint density at radius 2 is 1.95 bits per heavy atom. The first kappa shape index (κ1) is 16.3. The van der Waals surface area contributed by atoms with Crippen molar-refractivity contribution < 1.29 is 14.4 Å². The van der Waals surface area contributed by atoms with Gasteiger partial charge in [-0.25, -0.2) is 4.58 Å². The first-order valence-electron chi connectivity index (χ1n) is 6.27. The summed E-state index contributed by atoms with van der Waals surface area (Å²) in [5.74, 6) is -0.923. The van der Waals surface area contributed by atoms with Crippen LogP contribution in [0.5, 0.6) is 0 Å². The summed E-state index contributed by atoms with van der Waals surface area (Å²) in [5, 5.41) is 13.6. The summed E-state index contributed by atoms with van der Waals surface area (Å²) >= 11 is 0. The molecular weight excluding hydrogens is 254 g/mol. The van der Waals surface area contributed by atoms with Crippen LogP contribution < -0.4 is 5.32 Å². The van der Waals surface area contributed by atoms with Crippen LogP contribution in [0, 0.1) is 5.41 Å². The molecule has 110 valence electrons. The van der Waals surface area contributed by atoms with Crippen LogP contribution >= 0.6 is 0 Å². The Bertz CT molecular complexity index is 511. The standard InChI is InChI=1S/C15H24N3O2/c1-9-11(2)13(4)14(5,15(13,19)20-8)18(7)10-17-12(3)16-6/h9-10,16,19H,1-3,7H2,4-6,8H3/q+1. The van der Waals surface area contributed by atoms with Crippen molar-refractivity contribution in [3.05, 3.63) is 37.2 Å². The fourth-order valence-corrected chi connectivity index (χ4v) is 2.76. The van der Waals surface area contributed by atoms with Crippen LogP contribution in [0.15, 0.2) is 42.2 Å². The van der Waals surface area contributed by atoms with E-state index < -0.39 is 16.7 Å². The van der Waals surface area contributed by atoms with Gasteiger partial charge in [0.25, 0.3) is 6.34 Å². The highest BCUT2D eigenvalue weighted by Crippen LogP contribution is 2.70. The minimum Gasteiger partial charge on any atom is -0.361 e. The maximum atomic E-state index is 10.8. The topological polar surface area (TPSA) is 56.9 Å². The number of hydrogen-bond donors (Lipinski definition) is 2. The van der Waals surface area contributed by atoms with E-state index >= 15 is 0 Å². The monoisotopic (exact) mass is 278 g/mol. The van der Waals surface area contributed by atoms with Crippen molar-refractivity contribution in [3.63, 3.8) is 0 Å². The average Bonchev–Trinajstić information content (AvgIpc) is 2.87. The summed E-state index contributed by atoms with van der Waals surface area (Å²) in [5.41, 5.74) is -0.859. The Hall–Kier alpha value is -1.72. The molecule has 0 heterocycles. The number of methoxy groups -OCH3 is 1. The van der Waals surface area contributed by atoms with Crippen molar-refractivity contribution in [2.75, 3.05) is 14.2 Å². The first-order valence-corrected chi connectivity index (χ1v) is 6.27. The number of aliphatic hydroxyl groups is 1. The lowest BCUT2D eigenvalue weighted by Gasteiger charge is -2.14. The summed E-state index contributed by atoms with van der Waals surface area (Å²) in [6.45, 7) is 19.0. The van der Waals surface area contributed by atoms with E-state index in [0.29, 0.717) is 11.4 Å². The molecule has 0 aromatic rings. The number of ether oxygens (including phenoxy) is 1. The fraction of sp³-hybridized carbons (Fsp3) is 0.467. The number of hydrogen-bond acceptors (Lipinski definition) is 4. The third-order valence-corrected chi connectivity index (χ3v) is 4.65. The predicted octanol–water partition coefficient (Wildman–Crippen LogP) is 1.27. The van der Waals surface area contributed by atoms with Gasteiger partial charge in [-0.05, 0) is 31.0 Å². The van der Waals surface area contributed by atoms with E-state index in [9.17, 15) is 5.11 Å². The number of nitrogens with one attached hydrogen (secondary N) is 1. The average molecular weight is 278 g/mol. The van der Waals surface area contributed by atoms with Gasteiger partial charge >= 0.3 is 0 Å². The van der Waals surface area contributed by atoms with Crippen LogP contribution in [0.3, 0.4) is 0 Å². The summed E-state index contributed by atoms with van der Waals surface area (Å²) in [6, 6.07) is 0. The van der Waals surface area contributed by atoms with Crippen LogP contribution in [-0.2, 0) is 4.74 Å². The van der Waals surface area contributed by atoms with Gasteiger partial charge in [0.05, 0.1) is 12.1 Å². The maximum absolute atomic E-state index is 10.8. The minimum atomic E-state index is -1.42. The van der Waals surface area contributed by atoms with Gasteiger partial charge in [-0.2, -0.15) is 0 Å². The smallest absolute Gasteiger partial charge is 0.288 e. The van der Waals surface area contributed by atoms with Gasteiger partial charge in [0, 0.05) is 14.2 Å². The third kappa shape index (κ3) is 1.70. The Balaban J connectivity index is 3.18. The van der Waals surface area contributed by atoms with Crippen LogP contribution in [0.25, 0.3) is 0 Å². The molecule has 0 aromatic heterocycles. The molecular formula is C15H24N3O2+. The van der Waals surface area contributed by atoms with Crippen molar-refractivity contribution in [1.29, 1.82) is 0 Å². The second-order valence-electron chi connectivity index (χ2n) is 5.19. The van der Waals surface area contributed by atoms with Crippen LogP contribution in [0.2, 0.25) is 0 Å². The molecule has 1 aliphatic rings. The van der Waals surface area contributed by atoms with E-state index in [1.165, 1.54) is 13.4 Å². The lowest BCUT2D eigenvalue weighted by atomic mass is 9.93. The van der Waals surface area contributed by atoms with Crippen molar-refractivity contribution in [2.45, 2.75) is 25.2 Å². The summed E-state index contributed by atoms with van der Waals surface area (Å²) in [6.07, 6.45) is 3.12. The minimum absolute atomic E-state index is 0.494. The van der Waals surface area contributed by atoms with Crippen molar-refractivity contribution in [2.24, 2.45) is 10.4 Å². The molecule has 2 N–H and O–H groups in total. The van der Waals surface area contributed by atoms with E-state index in [1.54, 1.807) is 17.7 Å². The molecule has 0 radical (unpaired) electrons. The van der Waals surface area contributed by atoms with E-state index in [-0.39, 0.29) is 0 Å². The van der Waals surface area contributed by atoms with Crippen molar-refractivity contribution in [1.82, 2.24) is 5.32 Å². The molecule has 0 aliphatic heterocycles. The van der Waals surface area contributed by atoms with E-state index in [4.69, 9.17) is 4.74 Å². The second-order valence-corrected chi connectivity index (χ2v) is 5.19. The van der Waals surface area contributed by atoms with E-state index in [2.05, 4.69) is 36.8 Å². The molecule has 5 nitrogen and oxygen atoms in total. The molecule has 0 aromatic carbocycles. The van der Waals surface area contributed by atoms with Crippen molar-refractivity contribution in [3.8, 4) is 0 Å². The lowest BCUT2D eigenvalue weighted by Crippen LogP contribution is -2.35. The fourth-order valence-electron chi connectivity index (χ4n) is 2.76. The zero-order chi connectivity index (χ0) is 15.8. The highest BCUT2D eigenvalue weighted by molar-refractivity contribution is 5.55. The lowest BCUT2D eigenvalue weighted by molar-refractivity contribution is -0.478. The zero-order valence-corrected chi connectivity index (χ0v) is 12.7. The molecule has 20 heavy (non-hydrogen) atoms. The number of aliphatic imine (C=N–C) groups is 1. The predicted molar refractivity (Wildman–Crippen MR) is 81.9 cm³/mol. The molecule has 0 saturated heterocycles. The Morgan fingerprint density at radius 3 is 2.35 bits per heavy atom. The summed E-state index contributed by atoms with van der Waals surface area (Å²) in [4.78, 5) is 4.11. The van der Waals surface area contributed by atoms with Gasteiger partial charge in [-0.1, -0.05) is 19.2 Å². The Morgan fingerprint density at radius 1 is 1.40 bits per heavy atom. The quantitative estimate of drug-likeness (QED) is 0.242. The van der Waals surface area contributed by atoms with Crippen LogP contribution in [0.1, 0.15) is 13.8 Å². The molecule has 1 saturated carbocycles. The highest BCUT2D eigenvalue weighted by Gasteiger charge is 2.89. The SMILES string of the molecule is C=CC(=C)C1(C)C(O)(OC)C1(C)[N+](=C)C=NC(=C)NC. The van der Waals surface area contributed by atoms with E-state index in [1.807, 2.05) is 13.8 Å². The normalized spacial score (nSPS) is 35.6. The van der Waals surface area contributed by atoms with Crippen molar-refractivity contribution >= 4 is 13.1 Å². The Labute approximate surface area is 120 Å². The highest BCUT2D eigenvalue weighted by atomic mass is 16.6. The molecule has 3 atom stereocenters. The van der Waals surface area contributed by atoms with Gasteiger partial charge in [-0.3, -0.25) is 0 Å². The zero-order valence-electron chi connectivity index (χ0n) is 12.7. The van der Waals surface area contributed by atoms with Gasteiger partial charge < -0.3 is 15.2 Å². The first-order chi connectivity index (χ1) is 9.17. The van der Waals surface area contributed by atoms with Gasteiger partial charge in [0.15, 0.2) is 5.54 Å². The number of rotatable bonds is 7. The summed E-state index contributed by atoms with van der Waals surface area (Å²) < 4.78 is 6.89. The van der Waals surface area contributed by atoms with Gasteiger partial charge in [-0.15, -0.1) is 0 Å². The molecule has 0 spiro atoms. The van der Waals surface area contributed by atoms with Gasteiger partial charge in [0.2, 0.25) is 11.6 Å². The molecule has 1 rings (SSSR count). The number of nitrogens with zero attached hydrogens (tertiary/aromatic N) is 2.